The molecule has 3 rings (SSSR count). The number of fused-ring (bicyclic) bond motifs is 1. The average molecular weight is 257 g/mol. The van der Waals surface area contributed by atoms with Gasteiger partial charge in [-0.3, -0.25) is 4.79 Å². The third-order valence-corrected chi connectivity index (χ3v) is 3.92. The molecule has 0 bridgehead atoms. The monoisotopic (exact) mass is 257 g/mol. The van der Waals surface area contributed by atoms with Crippen molar-refractivity contribution in [1.29, 1.82) is 5.26 Å². The molecule has 0 radical (unpaired) electrons. The van der Waals surface area contributed by atoms with E-state index in [4.69, 9.17) is 14.7 Å². The maximum absolute atomic E-state index is 12.1. The first-order chi connectivity index (χ1) is 9.24. The van der Waals surface area contributed by atoms with Crippen molar-refractivity contribution in [2.45, 2.75) is 25.2 Å². The largest absolute Gasteiger partial charge is 0.492 e. The molecule has 98 valence electrons. The van der Waals surface area contributed by atoms with Crippen LogP contribution in [0.25, 0.3) is 0 Å². The average Bonchev–Trinajstić information content (AvgIpc) is 3.05. The van der Waals surface area contributed by atoms with Crippen LogP contribution in [0.3, 0.4) is 0 Å². The van der Waals surface area contributed by atoms with E-state index in [-0.39, 0.29) is 17.3 Å². The van der Waals surface area contributed by atoms with Crippen molar-refractivity contribution < 1.29 is 14.3 Å². The summed E-state index contributed by atoms with van der Waals surface area (Å²) in [7, 11) is 0. The summed E-state index contributed by atoms with van der Waals surface area (Å²) in [6.07, 6.45) is 2.43. The molecular weight excluding hydrogens is 242 g/mol. The second-order valence-corrected chi connectivity index (χ2v) is 5.34. The minimum Gasteiger partial charge on any atom is -0.492 e. The fraction of sp³-hybridized carbons (Fsp3) is 0.467. The second kappa shape index (κ2) is 4.58. The minimum absolute atomic E-state index is 0.0661. The molecule has 0 amide bonds. The zero-order valence-electron chi connectivity index (χ0n) is 10.6. The lowest BCUT2D eigenvalue weighted by atomic mass is 10.0. The number of para-hydroxylation sites is 1. The zero-order valence-corrected chi connectivity index (χ0v) is 10.6. The SMILES string of the molecule is N#CCC1(COC(=O)[C@@H]2COc3ccccc32)CC1. The molecule has 1 aliphatic carbocycles. The number of esters is 1. The van der Waals surface area contributed by atoms with Crippen molar-refractivity contribution in [2.75, 3.05) is 13.2 Å². The summed E-state index contributed by atoms with van der Waals surface area (Å²) < 4.78 is 10.9. The van der Waals surface area contributed by atoms with Gasteiger partial charge in [-0.2, -0.15) is 5.26 Å². The summed E-state index contributed by atoms with van der Waals surface area (Å²) in [5.74, 6) is 0.200. The van der Waals surface area contributed by atoms with E-state index in [0.29, 0.717) is 19.6 Å². The first kappa shape index (κ1) is 12.0. The Bertz CT molecular complexity index is 543. The summed E-state index contributed by atoms with van der Waals surface area (Å²) in [5, 5.41) is 8.74. The molecule has 4 nitrogen and oxygen atoms in total. The fourth-order valence-electron chi connectivity index (χ4n) is 2.40. The molecule has 2 aliphatic rings. The Morgan fingerprint density at radius 3 is 3.00 bits per heavy atom. The van der Waals surface area contributed by atoms with Crippen LogP contribution >= 0.6 is 0 Å². The van der Waals surface area contributed by atoms with Gasteiger partial charge in [0.1, 0.15) is 18.3 Å². The van der Waals surface area contributed by atoms with Gasteiger partial charge >= 0.3 is 5.97 Å². The Morgan fingerprint density at radius 1 is 1.47 bits per heavy atom. The molecule has 1 aliphatic heterocycles. The number of hydrogen-bond acceptors (Lipinski definition) is 4. The third kappa shape index (κ3) is 2.28. The predicted molar refractivity (Wildman–Crippen MR) is 67.5 cm³/mol. The smallest absolute Gasteiger partial charge is 0.317 e. The number of benzene rings is 1. The Morgan fingerprint density at radius 2 is 2.26 bits per heavy atom. The van der Waals surface area contributed by atoms with Gasteiger partial charge in [0.2, 0.25) is 0 Å². The molecule has 0 saturated heterocycles. The van der Waals surface area contributed by atoms with Gasteiger partial charge in [0.05, 0.1) is 12.7 Å². The van der Waals surface area contributed by atoms with Gasteiger partial charge < -0.3 is 9.47 Å². The van der Waals surface area contributed by atoms with E-state index in [0.717, 1.165) is 24.2 Å². The highest BCUT2D eigenvalue weighted by atomic mass is 16.5. The number of ether oxygens (including phenoxy) is 2. The van der Waals surface area contributed by atoms with Gasteiger partial charge in [-0.25, -0.2) is 0 Å². The van der Waals surface area contributed by atoms with Crippen LogP contribution < -0.4 is 4.74 Å². The van der Waals surface area contributed by atoms with Gasteiger partial charge in [-0.05, 0) is 18.9 Å². The van der Waals surface area contributed by atoms with Crippen LogP contribution in [0.15, 0.2) is 24.3 Å². The number of nitrogens with zero attached hydrogens (tertiary/aromatic N) is 1. The molecule has 0 N–H and O–H groups in total. The summed E-state index contributed by atoms with van der Waals surface area (Å²) >= 11 is 0. The molecule has 1 atom stereocenters. The molecule has 0 unspecified atom stereocenters. The Hall–Kier alpha value is -2.02. The van der Waals surface area contributed by atoms with Gasteiger partial charge in [0, 0.05) is 17.4 Å². The fourth-order valence-corrected chi connectivity index (χ4v) is 2.40. The number of rotatable bonds is 4. The van der Waals surface area contributed by atoms with Crippen LogP contribution in [0, 0.1) is 16.7 Å². The molecule has 4 heteroatoms. The lowest BCUT2D eigenvalue weighted by molar-refractivity contribution is -0.147. The quantitative estimate of drug-likeness (QED) is 0.777. The van der Waals surface area contributed by atoms with E-state index in [1.807, 2.05) is 24.3 Å². The van der Waals surface area contributed by atoms with Crippen molar-refractivity contribution in [3.63, 3.8) is 0 Å². The van der Waals surface area contributed by atoms with Gasteiger partial charge in [0.25, 0.3) is 0 Å². The lowest BCUT2D eigenvalue weighted by Gasteiger charge is -2.14. The highest BCUT2D eigenvalue weighted by Gasteiger charge is 2.44. The lowest BCUT2D eigenvalue weighted by Crippen LogP contribution is -2.21. The summed E-state index contributed by atoms with van der Waals surface area (Å²) in [6, 6.07) is 9.71. The Kier molecular flexibility index (Phi) is 2.90. The van der Waals surface area contributed by atoms with E-state index in [1.54, 1.807) is 0 Å². The van der Waals surface area contributed by atoms with Crippen molar-refractivity contribution in [3.8, 4) is 11.8 Å². The molecule has 1 heterocycles. The molecule has 1 fully saturated rings. The molecule has 1 aromatic rings. The summed E-state index contributed by atoms with van der Waals surface area (Å²) in [6.45, 7) is 0.710. The molecule has 1 saturated carbocycles. The second-order valence-electron chi connectivity index (χ2n) is 5.34. The molecule has 0 aromatic heterocycles. The highest BCUT2D eigenvalue weighted by Crippen LogP contribution is 2.49. The van der Waals surface area contributed by atoms with Crippen LogP contribution in [0.2, 0.25) is 0 Å². The first-order valence-electron chi connectivity index (χ1n) is 6.49. The third-order valence-electron chi connectivity index (χ3n) is 3.92. The van der Waals surface area contributed by atoms with Gasteiger partial charge in [-0.15, -0.1) is 0 Å². The highest BCUT2D eigenvalue weighted by molar-refractivity contribution is 5.80. The number of carbonyl (C=O) groups is 1. The van der Waals surface area contributed by atoms with Gasteiger partial charge in [0.15, 0.2) is 0 Å². The van der Waals surface area contributed by atoms with Crippen molar-refractivity contribution in [1.82, 2.24) is 0 Å². The first-order valence-corrected chi connectivity index (χ1v) is 6.49. The van der Waals surface area contributed by atoms with Crippen LogP contribution in [0.4, 0.5) is 0 Å². The molecular formula is C15H15NO3. The maximum Gasteiger partial charge on any atom is 0.317 e. The van der Waals surface area contributed by atoms with Crippen molar-refractivity contribution in [2.24, 2.45) is 5.41 Å². The Balaban J connectivity index is 1.62. The molecule has 1 aromatic carbocycles. The summed E-state index contributed by atoms with van der Waals surface area (Å²) in [4.78, 5) is 12.1. The number of hydrogen-bond donors (Lipinski definition) is 0. The predicted octanol–water partition coefficient (Wildman–Crippen LogP) is 2.40. The Labute approximate surface area is 111 Å². The van der Waals surface area contributed by atoms with Gasteiger partial charge in [-0.1, -0.05) is 18.2 Å². The van der Waals surface area contributed by atoms with Crippen LogP contribution in [-0.4, -0.2) is 19.2 Å². The number of carbonyl (C=O) groups excluding carboxylic acids is 1. The normalized spacial score (nSPS) is 21.9. The van der Waals surface area contributed by atoms with E-state index >= 15 is 0 Å². The van der Waals surface area contributed by atoms with Crippen LogP contribution in [0.5, 0.6) is 5.75 Å². The maximum atomic E-state index is 12.1. The van der Waals surface area contributed by atoms with Crippen molar-refractivity contribution >= 4 is 5.97 Å². The number of nitriles is 1. The molecule has 0 spiro atoms. The van der Waals surface area contributed by atoms with E-state index in [1.165, 1.54) is 0 Å². The van der Waals surface area contributed by atoms with E-state index in [9.17, 15) is 4.79 Å². The van der Waals surface area contributed by atoms with Crippen LogP contribution in [-0.2, 0) is 9.53 Å². The van der Waals surface area contributed by atoms with Crippen LogP contribution in [0.1, 0.15) is 30.7 Å². The topological polar surface area (TPSA) is 59.3 Å². The zero-order chi connectivity index (χ0) is 13.3. The minimum atomic E-state index is -0.325. The molecule has 19 heavy (non-hydrogen) atoms. The van der Waals surface area contributed by atoms with E-state index in [2.05, 4.69) is 6.07 Å². The van der Waals surface area contributed by atoms with E-state index < -0.39 is 0 Å². The standard InChI is InChI=1S/C15H15NO3/c16-8-7-15(5-6-15)10-19-14(17)12-9-18-13-4-2-1-3-11(12)13/h1-4,12H,5-7,9-10H2/t12-/m1/s1. The van der Waals surface area contributed by atoms with Crippen molar-refractivity contribution in [3.05, 3.63) is 29.8 Å². The summed E-state index contributed by atoms with van der Waals surface area (Å²) in [5.41, 5.74) is 0.835.